The van der Waals surface area contributed by atoms with Crippen molar-refractivity contribution in [1.29, 1.82) is 0 Å². The van der Waals surface area contributed by atoms with Gasteiger partial charge in [0.1, 0.15) is 5.75 Å². The van der Waals surface area contributed by atoms with Crippen molar-refractivity contribution in [1.82, 2.24) is 9.88 Å². The fraction of sp³-hybridized carbons (Fsp3) is 0.238. The Morgan fingerprint density at radius 2 is 1.79 bits per heavy atom. The smallest absolute Gasteiger partial charge is 0.263 e. The maximum atomic E-state index is 13.1. The first kappa shape index (κ1) is 19.2. The molecule has 150 valence electrons. The summed E-state index contributed by atoms with van der Waals surface area (Å²) < 4.78 is 30.2. The summed E-state index contributed by atoms with van der Waals surface area (Å²) in [6.45, 7) is 0. The van der Waals surface area contributed by atoms with E-state index < -0.39 is 21.8 Å². The summed E-state index contributed by atoms with van der Waals surface area (Å²) in [5.41, 5.74) is 0.545. The number of sulfone groups is 1. The lowest BCUT2D eigenvalue weighted by Crippen LogP contribution is -2.36. The molecule has 1 aliphatic heterocycles. The molecule has 3 aromatic rings. The number of ether oxygens (including phenoxy) is 1. The van der Waals surface area contributed by atoms with Gasteiger partial charge in [0.2, 0.25) is 0 Å². The SMILES string of the molecule is COc1ccccc1-n1cc(C(=O)NC2CCS(=O)(=O)C2)c2ccccc2c1=O. The van der Waals surface area contributed by atoms with Crippen LogP contribution in [0.2, 0.25) is 0 Å². The van der Waals surface area contributed by atoms with E-state index in [-0.39, 0.29) is 17.1 Å². The highest BCUT2D eigenvalue weighted by Gasteiger charge is 2.29. The van der Waals surface area contributed by atoms with Crippen LogP contribution in [0.1, 0.15) is 16.8 Å². The molecule has 29 heavy (non-hydrogen) atoms. The molecule has 1 fully saturated rings. The minimum Gasteiger partial charge on any atom is -0.495 e. The molecule has 1 amide bonds. The van der Waals surface area contributed by atoms with Crippen molar-refractivity contribution in [3.63, 3.8) is 0 Å². The monoisotopic (exact) mass is 412 g/mol. The first-order valence-electron chi connectivity index (χ1n) is 9.19. The predicted octanol–water partition coefficient (Wildman–Crippen LogP) is 1.92. The van der Waals surface area contributed by atoms with Crippen molar-refractivity contribution >= 4 is 26.5 Å². The summed E-state index contributed by atoms with van der Waals surface area (Å²) in [6, 6.07) is 13.5. The van der Waals surface area contributed by atoms with Crippen LogP contribution in [-0.2, 0) is 9.84 Å². The minimum atomic E-state index is -3.12. The van der Waals surface area contributed by atoms with Crippen LogP contribution in [-0.4, -0.2) is 43.5 Å². The number of methoxy groups -OCH3 is 1. The second kappa shape index (κ2) is 7.36. The van der Waals surface area contributed by atoms with Crippen LogP contribution in [0, 0.1) is 0 Å². The van der Waals surface area contributed by atoms with Crippen LogP contribution in [0.5, 0.6) is 5.75 Å². The highest BCUT2D eigenvalue weighted by Crippen LogP contribution is 2.24. The highest BCUT2D eigenvalue weighted by atomic mass is 32.2. The second-order valence-corrected chi connectivity index (χ2v) is 9.24. The van der Waals surface area contributed by atoms with Crippen LogP contribution >= 0.6 is 0 Å². The van der Waals surface area contributed by atoms with Gasteiger partial charge in [-0.15, -0.1) is 0 Å². The average Bonchev–Trinajstić information content (AvgIpc) is 3.06. The van der Waals surface area contributed by atoms with Crippen molar-refractivity contribution in [2.75, 3.05) is 18.6 Å². The molecule has 0 radical (unpaired) electrons. The third-order valence-electron chi connectivity index (χ3n) is 5.08. The Morgan fingerprint density at radius 1 is 1.10 bits per heavy atom. The standard InChI is InChI=1S/C21H20N2O5S/c1-28-19-9-5-4-8-18(19)23-12-17(15-6-2-3-7-16(15)21(23)25)20(24)22-14-10-11-29(26,27)13-14/h2-9,12,14H,10-11,13H2,1H3,(H,22,24). The zero-order chi connectivity index (χ0) is 20.6. The van der Waals surface area contributed by atoms with E-state index in [0.717, 1.165) is 0 Å². The van der Waals surface area contributed by atoms with Crippen molar-refractivity contribution in [2.45, 2.75) is 12.5 Å². The van der Waals surface area contributed by atoms with E-state index in [0.29, 0.717) is 34.2 Å². The molecule has 2 aromatic carbocycles. The van der Waals surface area contributed by atoms with Gasteiger partial charge in [0.25, 0.3) is 11.5 Å². The van der Waals surface area contributed by atoms with Crippen molar-refractivity contribution < 1.29 is 17.9 Å². The van der Waals surface area contributed by atoms with Gasteiger partial charge in [-0.2, -0.15) is 0 Å². The molecule has 2 heterocycles. The van der Waals surface area contributed by atoms with E-state index in [2.05, 4.69) is 5.32 Å². The molecule has 1 N–H and O–H groups in total. The summed E-state index contributed by atoms with van der Waals surface area (Å²) in [6.07, 6.45) is 1.87. The molecule has 8 heteroatoms. The predicted molar refractivity (Wildman–Crippen MR) is 111 cm³/mol. The molecular weight excluding hydrogens is 392 g/mol. The van der Waals surface area contributed by atoms with Gasteiger partial charge in [-0.25, -0.2) is 8.42 Å². The van der Waals surface area contributed by atoms with Gasteiger partial charge in [-0.3, -0.25) is 14.2 Å². The van der Waals surface area contributed by atoms with E-state index in [4.69, 9.17) is 4.74 Å². The number of amides is 1. The van der Waals surface area contributed by atoms with Crippen molar-refractivity contribution in [2.24, 2.45) is 0 Å². The van der Waals surface area contributed by atoms with Crippen molar-refractivity contribution in [3.05, 3.63) is 70.6 Å². The third-order valence-corrected chi connectivity index (χ3v) is 6.85. The van der Waals surface area contributed by atoms with Crippen LogP contribution in [0.15, 0.2) is 59.5 Å². The molecule has 0 bridgehead atoms. The molecule has 4 rings (SSSR count). The first-order chi connectivity index (χ1) is 13.9. The fourth-order valence-corrected chi connectivity index (χ4v) is 5.33. The quantitative estimate of drug-likeness (QED) is 0.707. The van der Waals surface area contributed by atoms with Crippen LogP contribution in [0.4, 0.5) is 0 Å². The Bertz CT molecular complexity index is 1260. The van der Waals surface area contributed by atoms with E-state index >= 15 is 0 Å². The Morgan fingerprint density at radius 3 is 2.48 bits per heavy atom. The van der Waals surface area contributed by atoms with Crippen molar-refractivity contribution in [3.8, 4) is 11.4 Å². The Kier molecular flexibility index (Phi) is 4.87. The van der Waals surface area contributed by atoms with Gasteiger partial charge in [-0.1, -0.05) is 30.3 Å². The van der Waals surface area contributed by atoms with Gasteiger partial charge >= 0.3 is 0 Å². The number of carbonyl (C=O) groups is 1. The van der Waals surface area contributed by atoms with E-state index in [1.54, 1.807) is 48.5 Å². The van der Waals surface area contributed by atoms with Gasteiger partial charge in [0.15, 0.2) is 9.84 Å². The zero-order valence-corrected chi connectivity index (χ0v) is 16.6. The lowest BCUT2D eigenvalue weighted by atomic mass is 10.1. The lowest BCUT2D eigenvalue weighted by molar-refractivity contribution is 0.0942. The molecule has 1 atom stereocenters. The highest BCUT2D eigenvalue weighted by molar-refractivity contribution is 7.91. The minimum absolute atomic E-state index is 0.0666. The van der Waals surface area contributed by atoms with E-state index in [1.807, 2.05) is 0 Å². The number of hydrogen-bond acceptors (Lipinski definition) is 5. The second-order valence-electron chi connectivity index (χ2n) is 7.01. The molecule has 1 aliphatic rings. The number of carbonyl (C=O) groups excluding carboxylic acids is 1. The number of nitrogens with one attached hydrogen (secondary N) is 1. The Hall–Kier alpha value is -3.13. The number of benzene rings is 2. The maximum Gasteiger partial charge on any atom is 0.263 e. The number of hydrogen-bond donors (Lipinski definition) is 1. The van der Waals surface area contributed by atoms with E-state index in [9.17, 15) is 18.0 Å². The van der Waals surface area contributed by atoms with Gasteiger partial charge in [0.05, 0.1) is 29.9 Å². The maximum absolute atomic E-state index is 13.1. The summed E-state index contributed by atoms with van der Waals surface area (Å²) in [7, 11) is -1.61. The Balaban J connectivity index is 1.85. The summed E-state index contributed by atoms with van der Waals surface area (Å²) in [5, 5.41) is 3.71. The zero-order valence-electron chi connectivity index (χ0n) is 15.8. The van der Waals surface area contributed by atoms with Gasteiger partial charge in [-0.05, 0) is 24.6 Å². The third kappa shape index (κ3) is 3.63. The molecule has 0 saturated carbocycles. The number of rotatable bonds is 4. The fourth-order valence-electron chi connectivity index (χ4n) is 3.65. The first-order valence-corrected chi connectivity index (χ1v) is 11.0. The number of fused-ring (bicyclic) bond motifs is 1. The topological polar surface area (TPSA) is 94.5 Å². The molecular formula is C21H20N2O5S. The summed E-state index contributed by atoms with van der Waals surface area (Å²) >= 11 is 0. The van der Waals surface area contributed by atoms with Gasteiger partial charge in [0, 0.05) is 23.0 Å². The Labute approximate surface area is 167 Å². The van der Waals surface area contributed by atoms with Crippen LogP contribution in [0.25, 0.3) is 16.5 Å². The molecule has 1 saturated heterocycles. The molecule has 7 nitrogen and oxygen atoms in total. The number of nitrogens with zero attached hydrogens (tertiary/aromatic N) is 1. The summed E-state index contributed by atoms with van der Waals surface area (Å²) in [5.74, 6) is 0.0902. The molecule has 0 aliphatic carbocycles. The molecule has 1 unspecified atom stereocenters. The average molecular weight is 412 g/mol. The molecule has 1 aromatic heterocycles. The van der Waals surface area contributed by atoms with Crippen LogP contribution in [0.3, 0.4) is 0 Å². The molecule has 0 spiro atoms. The normalized spacial score (nSPS) is 17.9. The lowest BCUT2D eigenvalue weighted by Gasteiger charge is -2.16. The number of para-hydroxylation sites is 2. The van der Waals surface area contributed by atoms with Crippen LogP contribution < -0.4 is 15.6 Å². The largest absolute Gasteiger partial charge is 0.495 e. The van der Waals surface area contributed by atoms with Gasteiger partial charge < -0.3 is 10.1 Å². The summed E-state index contributed by atoms with van der Waals surface area (Å²) in [4.78, 5) is 26.1. The number of pyridine rings is 1. The number of aromatic nitrogens is 1. The van der Waals surface area contributed by atoms with E-state index in [1.165, 1.54) is 17.9 Å².